The van der Waals surface area contributed by atoms with Crippen LogP contribution >= 0.6 is 0 Å². The summed E-state index contributed by atoms with van der Waals surface area (Å²) in [4.78, 5) is 4.85. The second kappa shape index (κ2) is 5.19. The van der Waals surface area contributed by atoms with Crippen LogP contribution in [0.4, 0.5) is 0 Å². The van der Waals surface area contributed by atoms with Crippen LogP contribution in [-0.2, 0) is 0 Å². The molecule has 4 rings (SSSR count). The average Bonchev–Trinajstić information content (AvgIpc) is 2.96. The van der Waals surface area contributed by atoms with Gasteiger partial charge in [0.25, 0.3) is 0 Å². The van der Waals surface area contributed by atoms with Gasteiger partial charge in [0, 0.05) is 17.3 Å². The van der Waals surface area contributed by atoms with Gasteiger partial charge in [-0.1, -0.05) is 66.1 Å². The minimum absolute atomic E-state index is 0.969. The van der Waals surface area contributed by atoms with E-state index in [0.717, 1.165) is 22.6 Å². The highest BCUT2D eigenvalue weighted by Gasteiger charge is 2.15. The van der Waals surface area contributed by atoms with Gasteiger partial charge in [0.1, 0.15) is 13.5 Å². The average molecular weight is 282 g/mol. The fraction of sp³-hybridized carbons (Fsp3) is 0. The number of fused-ring (bicyclic) bond motifs is 1. The van der Waals surface area contributed by atoms with Crippen LogP contribution in [0.15, 0.2) is 79.0 Å². The highest BCUT2D eigenvalue weighted by atomic mass is 15.0. The van der Waals surface area contributed by atoms with E-state index in [9.17, 15) is 0 Å². The van der Waals surface area contributed by atoms with E-state index in [-0.39, 0.29) is 0 Å². The predicted octanol–water partition coefficient (Wildman–Crippen LogP) is 2.93. The maximum Gasteiger partial charge on any atom is 0.139 e. The maximum absolute atomic E-state index is 4.85. The maximum atomic E-state index is 4.85. The van der Waals surface area contributed by atoms with Crippen molar-refractivity contribution < 1.29 is 0 Å². The number of pyridine rings is 1. The standard InChI is InChI=1S/C19H15BN2/c20-16-11-9-14(10-12-16)18-19(15-6-2-1-3-7-15)22-13-5-4-8-17(22)21-18/h1-13H,20H2. The monoisotopic (exact) mass is 282 g/mol. The van der Waals surface area contributed by atoms with Crippen molar-refractivity contribution in [1.29, 1.82) is 0 Å². The van der Waals surface area contributed by atoms with E-state index in [1.807, 2.05) is 24.3 Å². The van der Waals surface area contributed by atoms with E-state index < -0.39 is 0 Å². The summed E-state index contributed by atoms with van der Waals surface area (Å²) < 4.78 is 2.16. The first-order chi connectivity index (χ1) is 10.8. The first-order valence-corrected chi connectivity index (χ1v) is 7.42. The number of hydrogen-bond acceptors (Lipinski definition) is 1. The molecule has 0 fully saturated rings. The van der Waals surface area contributed by atoms with Crippen molar-refractivity contribution in [2.45, 2.75) is 0 Å². The van der Waals surface area contributed by atoms with Crippen LogP contribution in [0.3, 0.4) is 0 Å². The van der Waals surface area contributed by atoms with Gasteiger partial charge >= 0.3 is 0 Å². The fourth-order valence-corrected chi connectivity index (χ4v) is 2.78. The number of imidazole rings is 1. The summed E-state index contributed by atoms with van der Waals surface area (Å²) in [5.74, 6) is 0. The van der Waals surface area contributed by atoms with Gasteiger partial charge in [0.2, 0.25) is 0 Å². The van der Waals surface area contributed by atoms with Crippen LogP contribution in [0.1, 0.15) is 0 Å². The Hall–Kier alpha value is -2.81. The molecule has 2 aromatic heterocycles. The number of benzene rings is 2. The van der Waals surface area contributed by atoms with Gasteiger partial charge < -0.3 is 0 Å². The molecule has 0 saturated heterocycles. The number of aromatic nitrogens is 2. The molecule has 0 atom stereocenters. The zero-order chi connectivity index (χ0) is 14.9. The SMILES string of the molecule is Bc1ccc(-c2nc3ccccn3c2-c2ccccc2)cc1. The molecule has 0 amide bonds. The fourth-order valence-electron chi connectivity index (χ4n) is 2.78. The predicted molar refractivity (Wildman–Crippen MR) is 94.2 cm³/mol. The second-order valence-electron chi connectivity index (χ2n) is 5.47. The van der Waals surface area contributed by atoms with E-state index in [2.05, 4.69) is 67.0 Å². The smallest absolute Gasteiger partial charge is 0.139 e. The topological polar surface area (TPSA) is 17.3 Å². The molecular weight excluding hydrogens is 267 g/mol. The molecule has 4 aromatic rings. The van der Waals surface area contributed by atoms with E-state index >= 15 is 0 Å². The number of rotatable bonds is 2. The van der Waals surface area contributed by atoms with Crippen LogP contribution in [-0.4, -0.2) is 17.2 Å². The number of hydrogen-bond donors (Lipinski definition) is 0. The first-order valence-electron chi connectivity index (χ1n) is 7.42. The van der Waals surface area contributed by atoms with Crippen molar-refractivity contribution in [2.24, 2.45) is 0 Å². The van der Waals surface area contributed by atoms with E-state index in [4.69, 9.17) is 4.98 Å². The highest BCUT2D eigenvalue weighted by molar-refractivity contribution is 6.32. The lowest BCUT2D eigenvalue weighted by atomic mass is 9.94. The Morgan fingerprint density at radius 1 is 0.727 bits per heavy atom. The van der Waals surface area contributed by atoms with Gasteiger partial charge in [0.05, 0.1) is 11.4 Å². The molecular formula is C19H15BN2. The lowest BCUT2D eigenvalue weighted by molar-refractivity contribution is 1.19. The molecule has 0 bridgehead atoms. The Morgan fingerprint density at radius 3 is 2.23 bits per heavy atom. The van der Waals surface area contributed by atoms with Crippen molar-refractivity contribution in [2.75, 3.05) is 0 Å². The normalized spacial score (nSPS) is 10.9. The summed E-state index contributed by atoms with van der Waals surface area (Å²) in [6.07, 6.45) is 2.07. The number of nitrogens with zero attached hydrogens (tertiary/aromatic N) is 2. The third-order valence-electron chi connectivity index (χ3n) is 3.90. The molecule has 0 N–H and O–H groups in total. The molecule has 3 heteroatoms. The molecule has 0 spiro atoms. The van der Waals surface area contributed by atoms with Crippen molar-refractivity contribution in [1.82, 2.24) is 9.38 Å². The Bertz CT molecular complexity index is 925. The molecule has 0 aliphatic heterocycles. The van der Waals surface area contributed by atoms with Crippen LogP contribution in [0.25, 0.3) is 28.2 Å². The summed E-state index contributed by atoms with van der Waals surface area (Å²) in [6.45, 7) is 0. The largest absolute Gasteiger partial charge is 0.299 e. The zero-order valence-electron chi connectivity index (χ0n) is 12.4. The van der Waals surface area contributed by atoms with E-state index in [1.54, 1.807) is 0 Å². The minimum Gasteiger partial charge on any atom is -0.299 e. The minimum atomic E-state index is 0.969. The molecule has 104 valence electrons. The van der Waals surface area contributed by atoms with Crippen molar-refractivity contribution in [3.05, 3.63) is 79.0 Å². The summed E-state index contributed by atoms with van der Waals surface area (Å²) in [5.41, 5.74) is 6.72. The molecule has 2 aromatic carbocycles. The summed E-state index contributed by atoms with van der Waals surface area (Å²) in [6, 6.07) is 25.1. The van der Waals surface area contributed by atoms with Gasteiger partial charge in [-0.2, -0.15) is 0 Å². The van der Waals surface area contributed by atoms with Crippen molar-refractivity contribution in [3.8, 4) is 22.5 Å². The molecule has 0 saturated carbocycles. The molecule has 2 nitrogen and oxygen atoms in total. The summed E-state index contributed by atoms with van der Waals surface area (Å²) >= 11 is 0. The molecule has 0 radical (unpaired) electrons. The Kier molecular flexibility index (Phi) is 3.04. The van der Waals surface area contributed by atoms with Crippen molar-refractivity contribution >= 4 is 19.0 Å². The highest BCUT2D eigenvalue weighted by Crippen LogP contribution is 2.32. The van der Waals surface area contributed by atoms with Gasteiger partial charge in [-0.3, -0.25) is 4.40 Å². The second-order valence-corrected chi connectivity index (χ2v) is 5.47. The van der Waals surface area contributed by atoms with E-state index in [0.29, 0.717) is 0 Å². The van der Waals surface area contributed by atoms with Crippen molar-refractivity contribution in [3.63, 3.8) is 0 Å². The molecule has 0 aliphatic carbocycles. The Morgan fingerprint density at radius 2 is 1.45 bits per heavy atom. The third-order valence-corrected chi connectivity index (χ3v) is 3.90. The van der Waals surface area contributed by atoms with Gasteiger partial charge in [-0.25, -0.2) is 4.98 Å². The first kappa shape index (κ1) is 12.9. The zero-order valence-corrected chi connectivity index (χ0v) is 12.4. The van der Waals surface area contributed by atoms with E-state index in [1.165, 1.54) is 11.0 Å². The summed E-state index contributed by atoms with van der Waals surface area (Å²) in [7, 11) is 2.10. The van der Waals surface area contributed by atoms with Crippen LogP contribution in [0.5, 0.6) is 0 Å². The molecule has 2 heterocycles. The van der Waals surface area contributed by atoms with Crippen LogP contribution in [0, 0.1) is 0 Å². The third kappa shape index (κ3) is 2.11. The Labute approximate surface area is 130 Å². The lowest BCUT2D eigenvalue weighted by Gasteiger charge is -2.06. The van der Waals surface area contributed by atoms with Gasteiger partial charge in [-0.15, -0.1) is 0 Å². The molecule has 22 heavy (non-hydrogen) atoms. The van der Waals surface area contributed by atoms with Gasteiger partial charge in [0.15, 0.2) is 0 Å². The summed E-state index contributed by atoms with van der Waals surface area (Å²) in [5, 5.41) is 0. The molecule has 0 unspecified atom stereocenters. The van der Waals surface area contributed by atoms with Gasteiger partial charge in [-0.05, 0) is 12.1 Å². The lowest BCUT2D eigenvalue weighted by Crippen LogP contribution is -1.99. The van der Waals surface area contributed by atoms with Crippen LogP contribution in [0.2, 0.25) is 0 Å². The quantitative estimate of drug-likeness (QED) is 0.517. The van der Waals surface area contributed by atoms with Crippen LogP contribution < -0.4 is 5.46 Å². The molecule has 0 aliphatic rings. The Balaban J connectivity index is 2.04.